The molecule has 28 heavy (non-hydrogen) atoms. The van der Waals surface area contributed by atoms with Crippen molar-refractivity contribution in [1.82, 2.24) is 9.88 Å². The predicted molar refractivity (Wildman–Crippen MR) is 98.5 cm³/mol. The maximum atomic E-state index is 12.4. The summed E-state index contributed by atoms with van der Waals surface area (Å²) in [5, 5.41) is 0. The minimum Gasteiger partial charge on any atom is -0.456 e. The second-order valence-corrected chi connectivity index (χ2v) is 7.22. The number of carbonyl (C=O) groups is 3. The van der Waals surface area contributed by atoms with Crippen molar-refractivity contribution < 1.29 is 23.5 Å². The number of hydrogen-bond donors (Lipinski definition) is 0. The third kappa shape index (κ3) is 3.69. The summed E-state index contributed by atoms with van der Waals surface area (Å²) in [6.07, 6.45) is 5.06. The molecule has 1 saturated carbocycles. The molecule has 0 bridgehead atoms. The summed E-state index contributed by atoms with van der Waals surface area (Å²) in [6, 6.07) is 9.51. The predicted octanol–water partition coefficient (Wildman–Crippen LogP) is 2.95. The number of carbonyl (C=O) groups excluding carboxylic acids is 3. The number of benzene rings is 1. The van der Waals surface area contributed by atoms with Gasteiger partial charge in [-0.15, -0.1) is 0 Å². The quantitative estimate of drug-likeness (QED) is 0.564. The van der Waals surface area contributed by atoms with Crippen LogP contribution in [0, 0.1) is 11.8 Å². The van der Waals surface area contributed by atoms with E-state index in [2.05, 4.69) is 4.98 Å². The van der Waals surface area contributed by atoms with Crippen LogP contribution in [0.25, 0.3) is 11.3 Å². The summed E-state index contributed by atoms with van der Waals surface area (Å²) in [4.78, 5) is 42.2. The first kappa shape index (κ1) is 18.4. The Hall–Kier alpha value is -2.96. The SMILES string of the molecule is O=C(CCN1C(=O)[C@@H]2CCCC[C@H]2C1=O)OCc1ncc(-c2ccccc2)o1. The Bertz CT molecular complexity index is 852. The molecule has 0 radical (unpaired) electrons. The molecule has 1 aliphatic carbocycles. The highest BCUT2D eigenvalue weighted by Crippen LogP contribution is 2.38. The summed E-state index contributed by atoms with van der Waals surface area (Å²) >= 11 is 0. The van der Waals surface area contributed by atoms with E-state index < -0.39 is 5.97 Å². The van der Waals surface area contributed by atoms with Crippen LogP contribution in [-0.2, 0) is 25.7 Å². The second kappa shape index (κ2) is 7.96. The Kier molecular flexibility index (Phi) is 5.23. The fraction of sp³-hybridized carbons (Fsp3) is 0.429. The number of fused-ring (bicyclic) bond motifs is 1. The zero-order valence-corrected chi connectivity index (χ0v) is 15.5. The molecule has 0 unspecified atom stereocenters. The molecule has 2 aromatic rings. The largest absolute Gasteiger partial charge is 0.456 e. The standard InChI is InChI=1S/C21H22N2O5/c24-19(10-11-23-20(25)15-8-4-5-9-16(15)21(23)26)27-13-18-22-12-17(28-18)14-6-2-1-3-7-14/h1-3,6-7,12,15-16H,4-5,8-11,13H2/t15-,16-/m1/s1. The van der Waals surface area contributed by atoms with Crippen LogP contribution in [0.4, 0.5) is 0 Å². The third-order valence-corrected chi connectivity index (χ3v) is 5.44. The molecule has 7 nitrogen and oxygen atoms in total. The van der Waals surface area contributed by atoms with Crippen LogP contribution < -0.4 is 0 Å². The van der Waals surface area contributed by atoms with E-state index in [9.17, 15) is 14.4 Å². The van der Waals surface area contributed by atoms with Crippen LogP contribution in [0.5, 0.6) is 0 Å². The number of hydrogen-bond acceptors (Lipinski definition) is 6. The van der Waals surface area contributed by atoms with Gasteiger partial charge in [-0.25, -0.2) is 4.98 Å². The van der Waals surface area contributed by atoms with Gasteiger partial charge in [-0.2, -0.15) is 0 Å². The molecule has 2 amide bonds. The maximum Gasteiger partial charge on any atom is 0.308 e. The Balaban J connectivity index is 1.27. The van der Waals surface area contributed by atoms with E-state index in [-0.39, 0.29) is 43.2 Å². The van der Waals surface area contributed by atoms with Crippen LogP contribution in [0.2, 0.25) is 0 Å². The van der Waals surface area contributed by atoms with E-state index in [1.54, 1.807) is 6.20 Å². The first-order valence-electron chi connectivity index (χ1n) is 9.64. The van der Waals surface area contributed by atoms with Gasteiger partial charge in [0.05, 0.1) is 24.5 Å². The van der Waals surface area contributed by atoms with Gasteiger partial charge >= 0.3 is 5.97 Å². The number of likely N-dealkylation sites (tertiary alicyclic amines) is 1. The number of ether oxygens (including phenoxy) is 1. The van der Waals surface area contributed by atoms with E-state index >= 15 is 0 Å². The smallest absolute Gasteiger partial charge is 0.308 e. The van der Waals surface area contributed by atoms with Crippen LogP contribution in [0.1, 0.15) is 38.0 Å². The van der Waals surface area contributed by atoms with Gasteiger partial charge in [-0.05, 0) is 12.8 Å². The minimum absolute atomic E-state index is 0.0246. The fourth-order valence-electron chi connectivity index (χ4n) is 3.98. The van der Waals surface area contributed by atoms with Gasteiger partial charge in [0.1, 0.15) is 0 Å². The van der Waals surface area contributed by atoms with Crippen molar-refractivity contribution >= 4 is 17.8 Å². The molecule has 1 aromatic carbocycles. The van der Waals surface area contributed by atoms with Gasteiger partial charge in [0.2, 0.25) is 17.7 Å². The second-order valence-electron chi connectivity index (χ2n) is 7.22. The molecule has 1 aromatic heterocycles. The van der Waals surface area contributed by atoms with E-state index in [0.717, 1.165) is 31.2 Å². The molecule has 2 fully saturated rings. The van der Waals surface area contributed by atoms with Gasteiger partial charge < -0.3 is 9.15 Å². The lowest BCUT2D eigenvalue weighted by Crippen LogP contribution is -2.33. The molecule has 2 aliphatic rings. The summed E-state index contributed by atoms with van der Waals surface area (Å²) in [5.41, 5.74) is 0.889. The fourth-order valence-corrected chi connectivity index (χ4v) is 3.98. The summed E-state index contributed by atoms with van der Waals surface area (Å²) in [7, 11) is 0. The average molecular weight is 382 g/mol. The lowest BCUT2D eigenvalue weighted by atomic mass is 9.81. The molecule has 1 aliphatic heterocycles. The summed E-state index contributed by atoms with van der Waals surface area (Å²) < 4.78 is 10.8. The number of amides is 2. The van der Waals surface area contributed by atoms with Crippen molar-refractivity contribution in [2.24, 2.45) is 11.8 Å². The zero-order chi connectivity index (χ0) is 19.5. The van der Waals surface area contributed by atoms with Crippen molar-refractivity contribution in [3.8, 4) is 11.3 Å². The molecule has 2 atom stereocenters. The van der Waals surface area contributed by atoms with Crippen molar-refractivity contribution in [3.63, 3.8) is 0 Å². The van der Waals surface area contributed by atoms with Crippen molar-refractivity contribution in [3.05, 3.63) is 42.4 Å². The monoisotopic (exact) mass is 382 g/mol. The number of esters is 1. The third-order valence-electron chi connectivity index (χ3n) is 5.44. The number of aromatic nitrogens is 1. The molecule has 1 saturated heterocycles. The van der Waals surface area contributed by atoms with Gasteiger partial charge in [0.25, 0.3) is 0 Å². The van der Waals surface area contributed by atoms with Gasteiger partial charge in [0, 0.05) is 12.1 Å². The highest BCUT2D eigenvalue weighted by molar-refractivity contribution is 6.05. The number of rotatable bonds is 6. The van der Waals surface area contributed by atoms with Crippen molar-refractivity contribution in [2.75, 3.05) is 6.54 Å². The molecule has 2 heterocycles. The lowest BCUT2D eigenvalue weighted by Gasteiger charge is -2.19. The number of imide groups is 1. The van der Waals surface area contributed by atoms with E-state index in [4.69, 9.17) is 9.15 Å². The highest BCUT2D eigenvalue weighted by Gasteiger charge is 2.47. The Morgan fingerprint density at radius 2 is 1.79 bits per heavy atom. The first-order valence-corrected chi connectivity index (χ1v) is 9.64. The van der Waals surface area contributed by atoms with Crippen LogP contribution in [0.15, 0.2) is 40.9 Å². The van der Waals surface area contributed by atoms with Crippen LogP contribution in [0.3, 0.4) is 0 Å². The van der Waals surface area contributed by atoms with Crippen molar-refractivity contribution in [1.29, 1.82) is 0 Å². The maximum absolute atomic E-state index is 12.4. The Labute approximate surface area is 162 Å². The van der Waals surface area contributed by atoms with Crippen LogP contribution in [-0.4, -0.2) is 34.2 Å². The average Bonchev–Trinajstić information content (AvgIpc) is 3.30. The van der Waals surface area contributed by atoms with E-state index in [1.165, 1.54) is 4.90 Å². The number of oxazole rings is 1. The van der Waals surface area contributed by atoms with Crippen molar-refractivity contribution in [2.45, 2.75) is 38.7 Å². The minimum atomic E-state index is -0.491. The zero-order valence-electron chi connectivity index (χ0n) is 15.5. The molecule has 7 heteroatoms. The molecular weight excluding hydrogens is 360 g/mol. The lowest BCUT2D eigenvalue weighted by molar-refractivity contribution is -0.147. The molecule has 0 N–H and O–H groups in total. The highest BCUT2D eigenvalue weighted by atomic mass is 16.5. The first-order chi connectivity index (χ1) is 13.6. The normalized spacial score (nSPS) is 21.6. The van der Waals surface area contributed by atoms with Crippen LogP contribution >= 0.6 is 0 Å². The summed E-state index contributed by atoms with van der Waals surface area (Å²) in [6.45, 7) is -0.0108. The van der Waals surface area contributed by atoms with Gasteiger partial charge in [-0.3, -0.25) is 19.3 Å². The summed E-state index contributed by atoms with van der Waals surface area (Å²) in [5.74, 6) is -0.253. The van der Waals surface area contributed by atoms with E-state index in [0.29, 0.717) is 11.7 Å². The Morgan fingerprint density at radius 1 is 1.11 bits per heavy atom. The Morgan fingerprint density at radius 3 is 2.46 bits per heavy atom. The molecule has 0 spiro atoms. The molecule has 146 valence electrons. The van der Waals surface area contributed by atoms with Gasteiger partial charge in [0.15, 0.2) is 12.4 Å². The topological polar surface area (TPSA) is 89.7 Å². The van der Waals surface area contributed by atoms with Gasteiger partial charge in [-0.1, -0.05) is 43.2 Å². The molecule has 4 rings (SSSR count). The number of nitrogens with zero attached hydrogens (tertiary/aromatic N) is 2. The van der Waals surface area contributed by atoms with E-state index in [1.807, 2.05) is 30.3 Å². The molecular formula is C21H22N2O5.